The SMILES string of the molecule is Cc1ccc(C)c(N2CC=C[C@]34O[C@]5(C)C=CCCOC(=O)[C@@H]5[C@H]3C(=O)N([C@H](CO)c3ccccc3)C4C2=O)c1. The first-order valence-electron chi connectivity index (χ1n) is 13.8. The number of aryl methyl sites for hydroxylation is 2. The van der Waals surface area contributed by atoms with Crippen molar-refractivity contribution < 1.29 is 29.0 Å². The summed E-state index contributed by atoms with van der Waals surface area (Å²) in [7, 11) is 0. The Morgan fingerprint density at radius 1 is 1.00 bits per heavy atom. The van der Waals surface area contributed by atoms with Gasteiger partial charge in [0, 0.05) is 12.2 Å². The van der Waals surface area contributed by atoms with Crippen molar-refractivity contribution in [2.75, 3.05) is 24.7 Å². The molecule has 6 atom stereocenters. The van der Waals surface area contributed by atoms with Crippen molar-refractivity contribution in [3.63, 3.8) is 0 Å². The number of anilines is 1. The molecule has 2 fully saturated rings. The molecule has 1 unspecified atom stereocenters. The van der Waals surface area contributed by atoms with Gasteiger partial charge in [-0.3, -0.25) is 14.4 Å². The molecule has 1 spiro atoms. The highest BCUT2D eigenvalue weighted by Crippen LogP contribution is 2.58. The Hall–Kier alpha value is -3.75. The summed E-state index contributed by atoms with van der Waals surface area (Å²) in [6.07, 6.45) is 7.94. The molecule has 0 aliphatic carbocycles. The van der Waals surface area contributed by atoms with Gasteiger partial charge >= 0.3 is 5.97 Å². The van der Waals surface area contributed by atoms with Crippen LogP contribution in [0, 0.1) is 25.7 Å². The van der Waals surface area contributed by atoms with Gasteiger partial charge in [0.25, 0.3) is 5.91 Å². The number of cyclic esters (lactones) is 1. The highest BCUT2D eigenvalue weighted by molar-refractivity contribution is 6.06. The minimum absolute atomic E-state index is 0.210. The van der Waals surface area contributed by atoms with Gasteiger partial charge in [-0.1, -0.05) is 66.8 Å². The van der Waals surface area contributed by atoms with Crippen LogP contribution in [-0.4, -0.2) is 64.8 Å². The van der Waals surface area contributed by atoms with Gasteiger partial charge in [0.1, 0.15) is 17.6 Å². The number of ether oxygens (including phenoxy) is 2. The second kappa shape index (κ2) is 9.71. The lowest BCUT2D eigenvalue weighted by molar-refractivity contribution is -0.160. The molecule has 0 saturated carbocycles. The largest absolute Gasteiger partial charge is 0.465 e. The van der Waals surface area contributed by atoms with Crippen molar-refractivity contribution in [2.45, 2.75) is 50.5 Å². The van der Waals surface area contributed by atoms with Gasteiger partial charge in [-0.15, -0.1) is 0 Å². The number of nitrogens with zero attached hydrogens (tertiary/aromatic N) is 2. The molecule has 2 aromatic rings. The molecule has 208 valence electrons. The van der Waals surface area contributed by atoms with Crippen molar-refractivity contribution in [1.82, 2.24) is 4.90 Å². The van der Waals surface area contributed by atoms with Gasteiger partial charge in [0.15, 0.2) is 0 Å². The molecule has 8 nitrogen and oxygen atoms in total. The Morgan fingerprint density at radius 3 is 2.52 bits per heavy atom. The summed E-state index contributed by atoms with van der Waals surface area (Å²) in [5.74, 6) is -3.20. The third-order valence-corrected chi connectivity index (χ3v) is 8.81. The summed E-state index contributed by atoms with van der Waals surface area (Å²) in [6, 6.07) is 13.2. The van der Waals surface area contributed by atoms with Gasteiger partial charge in [-0.05, 0) is 49.9 Å². The van der Waals surface area contributed by atoms with E-state index < -0.39 is 53.6 Å². The Morgan fingerprint density at radius 2 is 1.77 bits per heavy atom. The van der Waals surface area contributed by atoms with E-state index in [2.05, 4.69) is 0 Å². The highest BCUT2D eigenvalue weighted by Gasteiger charge is 2.75. The molecule has 8 heteroatoms. The number of aliphatic hydroxyl groups excluding tert-OH is 1. The van der Waals surface area contributed by atoms with Crippen molar-refractivity contribution in [3.8, 4) is 0 Å². The second-order valence-corrected chi connectivity index (χ2v) is 11.4. The Labute approximate surface area is 233 Å². The van der Waals surface area contributed by atoms with E-state index in [-0.39, 0.29) is 19.1 Å². The number of carbonyl (C=O) groups is 3. The third-order valence-electron chi connectivity index (χ3n) is 8.81. The van der Waals surface area contributed by atoms with Crippen LogP contribution in [-0.2, 0) is 23.9 Å². The zero-order valence-corrected chi connectivity index (χ0v) is 22.9. The van der Waals surface area contributed by atoms with Crippen LogP contribution in [0.2, 0.25) is 0 Å². The van der Waals surface area contributed by atoms with Crippen molar-refractivity contribution >= 4 is 23.5 Å². The second-order valence-electron chi connectivity index (χ2n) is 11.4. The lowest BCUT2D eigenvalue weighted by Crippen LogP contribution is -2.57. The van der Waals surface area contributed by atoms with Crippen molar-refractivity contribution in [3.05, 3.63) is 89.5 Å². The van der Waals surface area contributed by atoms with Crippen LogP contribution in [0.25, 0.3) is 0 Å². The van der Waals surface area contributed by atoms with E-state index in [9.17, 15) is 19.5 Å². The van der Waals surface area contributed by atoms with Gasteiger partial charge in [0.2, 0.25) is 5.91 Å². The third kappa shape index (κ3) is 3.84. The van der Waals surface area contributed by atoms with Crippen LogP contribution in [0.15, 0.2) is 72.8 Å². The Bertz CT molecular complexity index is 1420. The number of amides is 2. The average molecular weight is 543 g/mol. The lowest BCUT2D eigenvalue weighted by atomic mass is 9.74. The van der Waals surface area contributed by atoms with Crippen LogP contribution in [0.5, 0.6) is 0 Å². The molecular formula is C32H34N2O6. The van der Waals surface area contributed by atoms with E-state index >= 15 is 0 Å². The molecule has 1 N–H and O–H groups in total. The molecule has 40 heavy (non-hydrogen) atoms. The smallest absolute Gasteiger partial charge is 0.313 e. The molecule has 0 radical (unpaired) electrons. The van der Waals surface area contributed by atoms with Gasteiger partial charge in [0.05, 0.1) is 30.8 Å². The molecular weight excluding hydrogens is 508 g/mol. The maximum absolute atomic E-state index is 14.8. The minimum Gasteiger partial charge on any atom is -0.465 e. The predicted molar refractivity (Wildman–Crippen MR) is 148 cm³/mol. The highest BCUT2D eigenvalue weighted by atomic mass is 16.6. The summed E-state index contributed by atoms with van der Waals surface area (Å²) in [4.78, 5) is 46.0. The van der Waals surface area contributed by atoms with E-state index in [4.69, 9.17) is 9.47 Å². The summed E-state index contributed by atoms with van der Waals surface area (Å²) >= 11 is 0. The van der Waals surface area contributed by atoms with Crippen molar-refractivity contribution in [1.29, 1.82) is 0 Å². The Balaban J connectivity index is 1.56. The topological polar surface area (TPSA) is 96.4 Å². The first kappa shape index (κ1) is 26.5. The van der Waals surface area contributed by atoms with Crippen LogP contribution < -0.4 is 4.90 Å². The van der Waals surface area contributed by atoms with Gasteiger partial charge < -0.3 is 24.4 Å². The summed E-state index contributed by atoms with van der Waals surface area (Å²) in [6.45, 7) is 5.79. The van der Waals surface area contributed by atoms with Gasteiger partial charge in [-0.2, -0.15) is 0 Å². The predicted octanol–water partition coefficient (Wildman–Crippen LogP) is 3.41. The number of hydrogen-bond donors (Lipinski definition) is 1. The zero-order valence-electron chi connectivity index (χ0n) is 22.9. The summed E-state index contributed by atoms with van der Waals surface area (Å²) in [5, 5.41) is 10.7. The molecule has 2 saturated heterocycles. The van der Waals surface area contributed by atoms with E-state index in [1.54, 1.807) is 17.9 Å². The van der Waals surface area contributed by atoms with E-state index in [0.29, 0.717) is 12.0 Å². The fourth-order valence-electron chi connectivity index (χ4n) is 7.02. The minimum atomic E-state index is -1.43. The fraction of sp³-hybridized carbons (Fsp3) is 0.406. The van der Waals surface area contributed by atoms with E-state index in [1.165, 1.54) is 4.90 Å². The number of hydrogen-bond acceptors (Lipinski definition) is 6. The average Bonchev–Trinajstić information content (AvgIpc) is 3.25. The summed E-state index contributed by atoms with van der Waals surface area (Å²) in [5.41, 5.74) is 0.777. The number of likely N-dealkylation sites (tertiary alicyclic amines) is 1. The molecule has 6 rings (SSSR count). The number of rotatable bonds is 4. The van der Waals surface area contributed by atoms with Gasteiger partial charge in [-0.25, -0.2) is 0 Å². The van der Waals surface area contributed by atoms with Crippen LogP contribution in [0.3, 0.4) is 0 Å². The van der Waals surface area contributed by atoms with Crippen molar-refractivity contribution in [2.24, 2.45) is 11.8 Å². The zero-order chi connectivity index (χ0) is 28.2. The number of fused-ring (bicyclic) bond motifs is 2. The number of aliphatic hydroxyl groups is 1. The number of benzene rings is 2. The normalized spacial score (nSPS) is 32.1. The first-order chi connectivity index (χ1) is 19.2. The maximum atomic E-state index is 14.8. The lowest BCUT2D eigenvalue weighted by Gasteiger charge is -2.40. The summed E-state index contributed by atoms with van der Waals surface area (Å²) < 4.78 is 12.4. The molecule has 4 aliphatic rings. The molecule has 4 heterocycles. The quantitative estimate of drug-likeness (QED) is 0.470. The molecule has 0 bridgehead atoms. The van der Waals surface area contributed by atoms with Crippen LogP contribution >= 0.6 is 0 Å². The fourth-order valence-corrected chi connectivity index (χ4v) is 7.02. The monoisotopic (exact) mass is 542 g/mol. The van der Waals surface area contributed by atoms with Crippen LogP contribution in [0.4, 0.5) is 5.69 Å². The maximum Gasteiger partial charge on any atom is 0.313 e. The molecule has 4 aliphatic heterocycles. The van der Waals surface area contributed by atoms with E-state index in [0.717, 1.165) is 16.8 Å². The molecule has 2 aromatic carbocycles. The standard InChI is InChI=1S/C32H34N2O6/c1-20-12-13-21(2)23(18-20)33-16-9-15-32-25(26-30(38)39-17-8-7-14-31(26,3)40-32)28(36)34(27(32)29(33)37)24(19-35)22-10-5-4-6-11-22/h4-7,9-15,18,24-27,35H,8,16-17,19H2,1-3H3/t24-,25+,26+,27?,31-,32+/m1/s1. The number of esters is 1. The Kier molecular flexibility index (Phi) is 6.43. The molecule has 2 amide bonds. The first-order valence-corrected chi connectivity index (χ1v) is 13.8. The molecule has 0 aromatic heterocycles. The number of carbonyl (C=O) groups excluding carboxylic acids is 3. The van der Waals surface area contributed by atoms with E-state index in [1.807, 2.05) is 80.6 Å². The van der Waals surface area contributed by atoms with Crippen LogP contribution in [0.1, 0.15) is 36.1 Å².